The number of hydrogen-bond acceptors (Lipinski definition) is 3. The predicted molar refractivity (Wildman–Crippen MR) is 86.5 cm³/mol. The van der Waals surface area contributed by atoms with Crippen molar-refractivity contribution in [2.24, 2.45) is 7.05 Å². The maximum Gasteiger partial charge on any atom is 0.0649 e. The highest BCUT2D eigenvalue weighted by atomic mass is 15.3. The maximum absolute atomic E-state index is 4.50. The number of aryl methyl sites for hydroxylation is 2. The van der Waals surface area contributed by atoms with E-state index in [0.29, 0.717) is 0 Å². The molecule has 0 amide bonds. The fourth-order valence-electron chi connectivity index (χ4n) is 2.97. The molecular formula is C17H20N4. The molecule has 1 aromatic carbocycles. The fraction of sp³-hybridized carbons (Fsp3) is 0.294. The van der Waals surface area contributed by atoms with Crippen LogP contribution < -0.4 is 5.32 Å². The van der Waals surface area contributed by atoms with Gasteiger partial charge in [0, 0.05) is 47.2 Å². The van der Waals surface area contributed by atoms with Crippen molar-refractivity contribution >= 4 is 16.5 Å². The largest absolute Gasteiger partial charge is 0.378 e. The molecule has 0 bridgehead atoms. The standard InChI is InChI=1S/C17H20N4/c1-11(17-12(2)20-21(4)13(17)3)19-16-7-5-6-14-10-18-9-8-15(14)16/h5-11,19H,1-4H3. The summed E-state index contributed by atoms with van der Waals surface area (Å²) in [4.78, 5) is 4.18. The van der Waals surface area contributed by atoms with E-state index in [9.17, 15) is 0 Å². The summed E-state index contributed by atoms with van der Waals surface area (Å²) >= 11 is 0. The summed E-state index contributed by atoms with van der Waals surface area (Å²) in [7, 11) is 1.99. The van der Waals surface area contributed by atoms with Gasteiger partial charge in [0.05, 0.1) is 11.7 Å². The van der Waals surface area contributed by atoms with Crippen LogP contribution in [0.5, 0.6) is 0 Å². The highest BCUT2D eigenvalue weighted by Crippen LogP contribution is 2.28. The number of anilines is 1. The second-order valence-corrected chi connectivity index (χ2v) is 5.48. The summed E-state index contributed by atoms with van der Waals surface area (Å²) in [5.74, 6) is 0. The molecule has 3 aromatic rings. The van der Waals surface area contributed by atoms with Gasteiger partial charge in [-0.05, 0) is 32.9 Å². The molecule has 2 heterocycles. The van der Waals surface area contributed by atoms with Crippen molar-refractivity contribution in [3.05, 3.63) is 53.6 Å². The van der Waals surface area contributed by atoms with Gasteiger partial charge in [0.25, 0.3) is 0 Å². The monoisotopic (exact) mass is 280 g/mol. The molecule has 1 N–H and O–H groups in total. The minimum atomic E-state index is 0.206. The van der Waals surface area contributed by atoms with Crippen molar-refractivity contribution in [3.8, 4) is 0 Å². The van der Waals surface area contributed by atoms with Crippen LogP contribution in [0.4, 0.5) is 5.69 Å². The first-order valence-electron chi connectivity index (χ1n) is 7.17. The van der Waals surface area contributed by atoms with Gasteiger partial charge in [0.1, 0.15) is 0 Å². The third-order valence-electron chi connectivity index (χ3n) is 4.05. The topological polar surface area (TPSA) is 42.7 Å². The molecule has 0 spiro atoms. The second-order valence-electron chi connectivity index (χ2n) is 5.48. The first-order chi connectivity index (χ1) is 10.1. The van der Waals surface area contributed by atoms with Crippen molar-refractivity contribution in [2.75, 3.05) is 5.32 Å². The van der Waals surface area contributed by atoms with Crippen LogP contribution >= 0.6 is 0 Å². The Labute approximate surface area is 124 Å². The van der Waals surface area contributed by atoms with Gasteiger partial charge in [-0.1, -0.05) is 12.1 Å². The average Bonchev–Trinajstić information content (AvgIpc) is 2.72. The lowest BCUT2D eigenvalue weighted by atomic mass is 10.0. The normalized spacial score (nSPS) is 12.6. The van der Waals surface area contributed by atoms with Gasteiger partial charge in [-0.15, -0.1) is 0 Å². The summed E-state index contributed by atoms with van der Waals surface area (Å²) in [5.41, 5.74) is 4.68. The number of nitrogens with one attached hydrogen (secondary N) is 1. The molecule has 0 aliphatic rings. The van der Waals surface area contributed by atoms with Gasteiger partial charge in [0.2, 0.25) is 0 Å². The predicted octanol–water partition coefficient (Wildman–Crippen LogP) is 3.76. The highest BCUT2D eigenvalue weighted by Gasteiger charge is 2.16. The lowest BCUT2D eigenvalue weighted by Gasteiger charge is -2.17. The van der Waals surface area contributed by atoms with E-state index in [0.717, 1.165) is 16.8 Å². The average molecular weight is 280 g/mol. The first-order valence-corrected chi connectivity index (χ1v) is 7.17. The van der Waals surface area contributed by atoms with E-state index in [2.05, 4.69) is 54.4 Å². The molecule has 0 saturated carbocycles. The first kappa shape index (κ1) is 13.6. The van der Waals surface area contributed by atoms with E-state index >= 15 is 0 Å². The number of hydrogen-bond donors (Lipinski definition) is 1. The Hall–Kier alpha value is -2.36. The van der Waals surface area contributed by atoms with E-state index in [4.69, 9.17) is 0 Å². The molecule has 21 heavy (non-hydrogen) atoms. The number of benzene rings is 1. The number of pyridine rings is 1. The Kier molecular flexibility index (Phi) is 3.37. The van der Waals surface area contributed by atoms with Crippen molar-refractivity contribution in [3.63, 3.8) is 0 Å². The lowest BCUT2D eigenvalue weighted by Crippen LogP contribution is -2.09. The third-order valence-corrected chi connectivity index (χ3v) is 4.05. The SMILES string of the molecule is Cc1nn(C)c(C)c1C(C)Nc1cccc2cnccc12. The van der Waals surface area contributed by atoms with Crippen LogP contribution in [0.15, 0.2) is 36.7 Å². The molecule has 4 nitrogen and oxygen atoms in total. The van der Waals surface area contributed by atoms with Crippen molar-refractivity contribution in [1.29, 1.82) is 0 Å². The van der Waals surface area contributed by atoms with E-state index < -0.39 is 0 Å². The van der Waals surface area contributed by atoms with Crippen molar-refractivity contribution < 1.29 is 0 Å². The molecule has 0 aliphatic carbocycles. The minimum absolute atomic E-state index is 0.206. The molecule has 0 fully saturated rings. The number of nitrogens with zero attached hydrogens (tertiary/aromatic N) is 3. The molecule has 4 heteroatoms. The summed E-state index contributed by atoms with van der Waals surface area (Å²) in [6, 6.07) is 8.51. The van der Waals surface area contributed by atoms with Gasteiger partial charge in [-0.2, -0.15) is 5.10 Å². The summed E-state index contributed by atoms with van der Waals surface area (Å²) in [6.07, 6.45) is 3.73. The van der Waals surface area contributed by atoms with Crippen molar-refractivity contribution in [1.82, 2.24) is 14.8 Å². The van der Waals surface area contributed by atoms with Crippen LogP contribution in [0.2, 0.25) is 0 Å². The zero-order valence-electron chi connectivity index (χ0n) is 12.9. The number of fused-ring (bicyclic) bond motifs is 1. The summed E-state index contributed by atoms with van der Waals surface area (Å²) in [6.45, 7) is 6.35. The van der Waals surface area contributed by atoms with Crippen LogP contribution in [0.1, 0.15) is 29.9 Å². The van der Waals surface area contributed by atoms with Gasteiger partial charge in [0.15, 0.2) is 0 Å². The Morgan fingerprint density at radius 3 is 2.71 bits per heavy atom. The van der Waals surface area contributed by atoms with Crippen LogP contribution in [0.25, 0.3) is 10.8 Å². The Bertz CT molecular complexity index is 783. The molecule has 108 valence electrons. The van der Waals surface area contributed by atoms with E-state index in [1.807, 2.05) is 30.2 Å². The molecule has 1 atom stereocenters. The summed E-state index contributed by atoms with van der Waals surface area (Å²) < 4.78 is 1.94. The Morgan fingerprint density at radius 1 is 1.19 bits per heavy atom. The molecular weight excluding hydrogens is 260 g/mol. The zero-order chi connectivity index (χ0) is 15.0. The molecule has 0 aliphatic heterocycles. The second kappa shape index (κ2) is 5.20. The minimum Gasteiger partial charge on any atom is -0.378 e. The Balaban J connectivity index is 1.98. The quantitative estimate of drug-likeness (QED) is 0.794. The molecule has 0 saturated heterocycles. The van der Waals surface area contributed by atoms with Gasteiger partial charge >= 0.3 is 0 Å². The molecule has 1 unspecified atom stereocenters. The van der Waals surface area contributed by atoms with E-state index in [1.54, 1.807) is 0 Å². The lowest BCUT2D eigenvalue weighted by molar-refractivity contribution is 0.728. The van der Waals surface area contributed by atoms with Crippen LogP contribution in [0.3, 0.4) is 0 Å². The number of aromatic nitrogens is 3. The van der Waals surface area contributed by atoms with E-state index in [-0.39, 0.29) is 6.04 Å². The van der Waals surface area contributed by atoms with Crippen molar-refractivity contribution in [2.45, 2.75) is 26.8 Å². The fourth-order valence-corrected chi connectivity index (χ4v) is 2.97. The maximum atomic E-state index is 4.50. The molecule has 0 radical (unpaired) electrons. The van der Waals surface area contributed by atoms with E-state index in [1.165, 1.54) is 16.6 Å². The molecule has 2 aromatic heterocycles. The summed E-state index contributed by atoms with van der Waals surface area (Å²) in [5, 5.41) is 10.5. The zero-order valence-corrected chi connectivity index (χ0v) is 12.9. The highest BCUT2D eigenvalue weighted by molar-refractivity contribution is 5.93. The van der Waals surface area contributed by atoms with Gasteiger partial charge in [-0.3, -0.25) is 9.67 Å². The third kappa shape index (κ3) is 2.37. The van der Waals surface area contributed by atoms with Gasteiger partial charge < -0.3 is 5.32 Å². The Morgan fingerprint density at radius 2 is 2.00 bits per heavy atom. The van der Waals surface area contributed by atoms with Crippen LogP contribution in [-0.4, -0.2) is 14.8 Å². The molecule has 3 rings (SSSR count). The smallest absolute Gasteiger partial charge is 0.0649 e. The van der Waals surface area contributed by atoms with Crippen LogP contribution in [0, 0.1) is 13.8 Å². The van der Waals surface area contributed by atoms with Gasteiger partial charge in [-0.25, -0.2) is 0 Å². The van der Waals surface area contributed by atoms with Crippen LogP contribution in [-0.2, 0) is 7.05 Å². The number of rotatable bonds is 3.